The minimum atomic E-state index is -0.542. The van der Waals surface area contributed by atoms with E-state index in [-0.39, 0.29) is 17.1 Å². The van der Waals surface area contributed by atoms with E-state index in [2.05, 4.69) is 19.2 Å². The highest BCUT2D eigenvalue weighted by Gasteiger charge is 2.43. The van der Waals surface area contributed by atoms with Crippen LogP contribution in [0.3, 0.4) is 0 Å². The van der Waals surface area contributed by atoms with Gasteiger partial charge in [0, 0.05) is 30.2 Å². The van der Waals surface area contributed by atoms with Crippen LogP contribution in [-0.2, 0) is 9.59 Å². The molecule has 0 spiro atoms. The molecule has 1 atom stereocenters. The number of nitrogens with zero attached hydrogens (tertiary/aromatic N) is 1. The number of nitrogens with one attached hydrogen (secondary N) is 1. The number of para-hydroxylation sites is 3. The summed E-state index contributed by atoms with van der Waals surface area (Å²) in [6.07, 6.45) is 1.18. The number of carbonyl (C=O) groups excluding carboxylic acids is 2. The molecule has 1 aliphatic carbocycles. The van der Waals surface area contributed by atoms with Crippen LogP contribution in [0, 0.1) is 5.41 Å². The lowest BCUT2D eigenvalue weighted by molar-refractivity contribution is -0.118. The molecule has 1 amide bonds. The van der Waals surface area contributed by atoms with E-state index in [4.69, 9.17) is 4.74 Å². The van der Waals surface area contributed by atoms with Crippen LogP contribution in [-0.4, -0.2) is 18.3 Å². The first-order valence-corrected chi connectivity index (χ1v) is 10.5. The summed E-state index contributed by atoms with van der Waals surface area (Å²) in [5, 5.41) is 3.51. The highest BCUT2D eigenvalue weighted by atomic mass is 16.5. The third kappa shape index (κ3) is 3.49. The smallest absolute Gasteiger partial charge is 0.224 e. The van der Waals surface area contributed by atoms with Crippen LogP contribution in [0.25, 0.3) is 0 Å². The fourth-order valence-corrected chi connectivity index (χ4v) is 4.62. The van der Waals surface area contributed by atoms with Gasteiger partial charge in [-0.3, -0.25) is 14.5 Å². The van der Waals surface area contributed by atoms with E-state index in [1.807, 2.05) is 55.5 Å². The van der Waals surface area contributed by atoms with E-state index in [0.717, 1.165) is 29.1 Å². The number of ketones is 1. The van der Waals surface area contributed by atoms with E-state index in [1.54, 1.807) is 11.8 Å². The highest BCUT2D eigenvalue weighted by molar-refractivity contribution is 6.06. The topological polar surface area (TPSA) is 58.6 Å². The zero-order valence-corrected chi connectivity index (χ0v) is 18.0. The van der Waals surface area contributed by atoms with Crippen molar-refractivity contribution in [2.24, 2.45) is 5.41 Å². The molecule has 1 aliphatic heterocycles. The van der Waals surface area contributed by atoms with Crippen molar-refractivity contribution in [3.8, 4) is 5.75 Å². The lowest BCUT2D eigenvalue weighted by Crippen LogP contribution is -2.38. The fourth-order valence-electron chi connectivity index (χ4n) is 4.62. The maximum Gasteiger partial charge on any atom is 0.224 e. The molecule has 0 fully saturated rings. The number of hydrogen-bond acceptors (Lipinski definition) is 4. The number of amides is 1. The molecule has 0 unspecified atom stereocenters. The predicted octanol–water partition coefficient (Wildman–Crippen LogP) is 5.25. The molecule has 1 heterocycles. The summed E-state index contributed by atoms with van der Waals surface area (Å²) in [5.41, 5.74) is 3.83. The lowest BCUT2D eigenvalue weighted by Gasteiger charge is -2.37. The van der Waals surface area contributed by atoms with Gasteiger partial charge in [-0.25, -0.2) is 0 Å². The quantitative estimate of drug-likeness (QED) is 0.759. The second kappa shape index (κ2) is 7.63. The van der Waals surface area contributed by atoms with Crippen molar-refractivity contribution >= 4 is 23.1 Å². The number of anilines is 2. The van der Waals surface area contributed by atoms with Crippen molar-refractivity contribution in [3.63, 3.8) is 0 Å². The van der Waals surface area contributed by atoms with E-state index >= 15 is 0 Å². The van der Waals surface area contributed by atoms with Crippen LogP contribution in [0.15, 0.2) is 59.8 Å². The Morgan fingerprint density at radius 2 is 1.83 bits per heavy atom. The number of rotatable bonds is 3. The number of benzene rings is 2. The lowest BCUT2D eigenvalue weighted by atomic mass is 9.73. The molecule has 0 bridgehead atoms. The fraction of sp³-hybridized carbons (Fsp3) is 0.360. The van der Waals surface area contributed by atoms with Crippen molar-refractivity contribution in [1.29, 1.82) is 0 Å². The van der Waals surface area contributed by atoms with E-state index in [0.29, 0.717) is 24.4 Å². The maximum absolute atomic E-state index is 13.5. The van der Waals surface area contributed by atoms with Crippen LogP contribution >= 0.6 is 0 Å². The van der Waals surface area contributed by atoms with Gasteiger partial charge in [-0.2, -0.15) is 0 Å². The summed E-state index contributed by atoms with van der Waals surface area (Å²) in [7, 11) is 0. The van der Waals surface area contributed by atoms with Crippen LogP contribution in [0.2, 0.25) is 0 Å². The van der Waals surface area contributed by atoms with Crippen molar-refractivity contribution in [2.45, 2.75) is 46.6 Å². The van der Waals surface area contributed by atoms with Gasteiger partial charge < -0.3 is 10.1 Å². The molecule has 5 nitrogen and oxygen atoms in total. The monoisotopic (exact) mass is 404 g/mol. The van der Waals surface area contributed by atoms with Crippen LogP contribution in [0.4, 0.5) is 11.4 Å². The van der Waals surface area contributed by atoms with Gasteiger partial charge in [-0.05, 0) is 37.0 Å². The summed E-state index contributed by atoms with van der Waals surface area (Å²) in [5.74, 6) is 0.649. The molecule has 5 heteroatoms. The zero-order valence-electron chi connectivity index (χ0n) is 18.0. The number of hydrogen-bond donors (Lipinski definition) is 1. The maximum atomic E-state index is 13.5. The normalized spacial score (nSPS) is 20.1. The van der Waals surface area contributed by atoms with Gasteiger partial charge in [0.05, 0.1) is 24.0 Å². The Bertz CT molecular complexity index is 1040. The largest absolute Gasteiger partial charge is 0.494 e. The minimum Gasteiger partial charge on any atom is -0.494 e. The second-order valence-corrected chi connectivity index (χ2v) is 8.74. The molecule has 0 aromatic heterocycles. The minimum absolute atomic E-state index is 0.0732. The summed E-state index contributed by atoms with van der Waals surface area (Å²) >= 11 is 0. The third-order valence-corrected chi connectivity index (χ3v) is 5.75. The molecule has 1 N–H and O–H groups in total. The molecule has 156 valence electrons. The molecular formula is C25H28N2O3. The van der Waals surface area contributed by atoms with Crippen molar-refractivity contribution < 1.29 is 14.3 Å². The second-order valence-electron chi connectivity index (χ2n) is 8.74. The molecule has 4 rings (SSSR count). The molecular weight excluding hydrogens is 376 g/mol. The number of ether oxygens (including phenoxy) is 1. The first-order chi connectivity index (χ1) is 14.3. The van der Waals surface area contributed by atoms with Crippen molar-refractivity contribution in [2.75, 3.05) is 16.8 Å². The van der Waals surface area contributed by atoms with E-state index < -0.39 is 6.04 Å². The Kier molecular flexibility index (Phi) is 5.14. The van der Waals surface area contributed by atoms with Crippen molar-refractivity contribution in [1.82, 2.24) is 0 Å². The van der Waals surface area contributed by atoms with Crippen LogP contribution in [0.5, 0.6) is 5.75 Å². The Labute approximate surface area is 177 Å². The van der Waals surface area contributed by atoms with Gasteiger partial charge >= 0.3 is 0 Å². The van der Waals surface area contributed by atoms with Gasteiger partial charge in [0.1, 0.15) is 5.75 Å². The Morgan fingerprint density at radius 3 is 2.57 bits per heavy atom. The summed E-state index contributed by atoms with van der Waals surface area (Å²) in [4.78, 5) is 28.2. The predicted molar refractivity (Wildman–Crippen MR) is 119 cm³/mol. The summed E-state index contributed by atoms with van der Waals surface area (Å²) in [6.45, 7) is 8.21. The van der Waals surface area contributed by atoms with Gasteiger partial charge in [-0.1, -0.05) is 44.2 Å². The van der Waals surface area contributed by atoms with Crippen LogP contribution < -0.4 is 15.0 Å². The first-order valence-electron chi connectivity index (χ1n) is 10.5. The van der Waals surface area contributed by atoms with E-state index in [9.17, 15) is 9.59 Å². The molecule has 30 heavy (non-hydrogen) atoms. The number of Topliss-reactive ketones (excluding diaryl/α,β-unsaturated/α-hetero) is 1. The average Bonchev–Trinajstić information content (AvgIpc) is 2.81. The summed E-state index contributed by atoms with van der Waals surface area (Å²) in [6, 6.07) is 14.9. The Morgan fingerprint density at radius 1 is 1.13 bits per heavy atom. The molecule has 0 saturated heterocycles. The number of fused-ring (bicyclic) bond motifs is 1. The molecule has 0 saturated carbocycles. The molecule has 2 aromatic rings. The Hall–Kier alpha value is -3.08. The highest BCUT2D eigenvalue weighted by Crippen LogP contribution is 2.49. The molecule has 2 aromatic carbocycles. The SMILES string of the molecule is CCOc1ccccc1[C@@H]1C2=C(CC(C)(C)CC2=O)Nc2ccccc2N1C(C)=O. The first kappa shape index (κ1) is 20.2. The molecule has 2 aliphatic rings. The van der Waals surface area contributed by atoms with Gasteiger partial charge in [0.2, 0.25) is 5.91 Å². The van der Waals surface area contributed by atoms with Gasteiger partial charge in [0.25, 0.3) is 0 Å². The zero-order chi connectivity index (χ0) is 21.5. The number of allylic oxidation sites excluding steroid dienone is 1. The molecule has 0 radical (unpaired) electrons. The average molecular weight is 405 g/mol. The summed E-state index contributed by atoms with van der Waals surface area (Å²) < 4.78 is 5.91. The Balaban J connectivity index is 2.02. The number of carbonyl (C=O) groups is 2. The van der Waals surface area contributed by atoms with Gasteiger partial charge in [0.15, 0.2) is 5.78 Å². The third-order valence-electron chi connectivity index (χ3n) is 5.75. The van der Waals surface area contributed by atoms with Gasteiger partial charge in [-0.15, -0.1) is 0 Å². The van der Waals surface area contributed by atoms with Crippen LogP contribution in [0.1, 0.15) is 52.1 Å². The standard InChI is InChI=1S/C25H28N2O3/c1-5-30-22-13-9-6-10-17(22)24-23-19(14-25(3,4)15-21(23)29)26-18-11-7-8-12-20(18)27(24)16(2)28/h6-13,24,26H,5,14-15H2,1-4H3/t24-/m1/s1. The van der Waals surface area contributed by atoms with Crippen molar-refractivity contribution in [3.05, 3.63) is 65.4 Å². The van der Waals surface area contributed by atoms with E-state index in [1.165, 1.54) is 0 Å².